The van der Waals surface area contributed by atoms with E-state index in [0.717, 1.165) is 19.4 Å². The summed E-state index contributed by atoms with van der Waals surface area (Å²) in [7, 11) is 0. The number of unbranched alkanes of at least 4 members (excludes halogenated alkanes) is 5. The Balaban J connectivity index is 1.88. The molecule has 1 rings (SSSR count). The molecule has 0 aromatic carbocycles. The summed E-state index contributed by atoms with van der Waals surface area (Å²) in [6.45, 7) is 5.87. The summed E-state index contributed by atoms with van der Waals surface area (Å²) in [6.07, 6.45) is 14.0. The molecular weight excluding hydrogens is 222 g/mol. The SMILES string of the molecule is CCCCCCCCC(O)CCN1CCCCC1. The van der Waals surface area contributed by atoms with Crippen LogP contribution in [0.3, 0.4) is 0 Å². The standard InChI is InChI=1S/C16H33NO/c1-2-3-4-5-6-8-11-16(18)12-15-17-13-9-7-10-14-17/h16,18H,2-15H2,1H3. The first-order valence-electron chi connectivity index (χ1n) is 8.23. The molecule has 0 aromatic heterocycles. The zero-order valence-electron chi connectivity index (χ0n) is 12.4. The highest BCUT2D eigenvalue weighted by atomic mass is 16.3. The van der Waals surface area contributed by atoms with Gasteiger partial charge in [0.15, 0.2) is 0 Å². The molecule has 1 aliphatic heterocycles. The van der Waals surface area contributed by atoms with Crippen molar-refractivity contribution >= 4 is 0 Å². The highest BCUT2D eigenvalue weighted by Crippen LogP contribution is 2.13. The van der Waals surface area contributed by atoms with Gasteiger partial charge in [-0.1, -0.05) is 51.9 Å². The number of aliphatic hydroxyl groups excluding tert-OH is 1. The molecular formula is C16H33NO. The van der Waals surface area contributed by atoms with Gasteiger partial charge in [0.05, 0.1) is 6.10 Å². The fraction of sp³-hybridized carbons (Fsp3) is 1.00. The van der Waals surface area contributed by atoms with Gasteiger partial charge in [-0.3, -0.25) is 0 Å². The first-order chi connectivity index (χ1) is 8.83. The van der Waals surface area contributed by atoms with Crippen molar-refractivity contribution in [2.75, 3.05) is 19.6 Å². The van der Waals surface area contributed by atoms with Crippen molar-refractivity contribution in [2.24, 2.45) is 0 Å². The molecule has 0 aliphatic carbocycles. The third-order valence-corrected chi connectivity index (χ3v) is 4.12. The van der Waals surface area contributed by atoms with Crippen LogP contribution in [0.2, 0.25) is 0 Å². The summed E-state index contributed by atoms with van der Waals surface area (Å²) in [5.41, 5.74) is 0. The summed E-state index contributed by atoms with van der Waals surface area (Å²) in [4.78, 5) is 2.52. The Morgan fingerprint density at radius 3 is 2.28 bits per heavy atom. The van der Waals surface area contributed by atoms with Crippen LogP contribution in [0.25, 0.3) is 0 Å². The number of likely N-dealkylation sites (tertiary alicyclic amines) is 1. The van der Waals surface area contributed by atoms with Gasteiger partial charge in [-0.05, 0) is 38.8 Å². The number of piperidine rings is 1. The number of hydrogen-bond acceptors (Lipinski definition) is 2. The molecule has 0 amide bonds. The number of nitrogens with zero attached hydrogens (tertiary/aromatic N) is 1. The minimum Gasteiger partial charge on any atom is -0.393 e. The molecule has 0 saturated carbocycles. The van der Waals surface area contributed by atoms with Gasteiger partial charge in [0.2, 0.25) is 0 Å². The van der Waals surface area contributed by atoms with Crippen molar-refractivity contribution in [1.82, 2.24) is 4.90 Å². The quantitative estimate of drug-likeness (QED) is 0.597. The Labute approximate surface area is 114 Å². The summed E-state index contributed by atoms with van der Waals surface area (Å²) in [5.74, 6) is 0. The van der Waals surface area contributed by atoms with E-state index < -0.39 is 0 Å². The second-order valence-electron chi connectivity index (χ2n) is 5.90. The maximum atomic E-state index is 9.96. The monoisotopic (exact) mass is 255 g/mol. The lowest BCUT2D eigenvalue weighted by atomic mass is 10.0. The van der Waals surface area contributed by atoms with E-state index in [9.17, 15) is 5.11 Å². The number of rotatable bonds is 10. The highest BCUT2D eigenvalue weighted by molar-refractivity contribution is 4.67. The minimum absolute atomic E-state index is 0.0573. The molecule has 2 heteroatoms. The van der Waals surface area contributed by atoms with Gasteiger partial charge >= 0.3 is 0 Å². The molecule has 0 bridgehead atoms. The molecule has 1 aliphatic rings. The maximum Gasteiger partial charge on any atom is 0.0552 e. The third-order valence-electron chi connectivity index (χ3n) is 4.12. The van der Waals surface area contributed by atoms with Gasteiger partial charge in [0.1, 0.15) is 0 Å². The second kappa shape index (κ2) is 10.8. The lowest BCUT2D eigenvalue weighted by molar-refractivity contribution is 0.123. The van der Waals surface area contributed by atoms with E-state index in [2.05, 4.69) is 11.8 Å². The van der Waals surface area contributed by atoms with Crippen molar-refractivity contribution in [3.63, 3.8) is 0 Å². The largest absolute Gasteiger partial charge is 0.393 e. The molecule has 18 heavy (non-hydrogen) atoms. The van der Waals surface area contributed by atoms with Crippen molar-refractivity contribution in [3.8, 4) is 0 Å². The van der Waals surface area contributed by atoms with Crippen LogP contribution >= 0.6 is 0 Å². The Morgan fingerprint density at radius 1 is 0.889 bits per heavy atom. The molecule has 108 valence electrons. The van der Waals surface area contributed by atoms with E-state index in [1.54, 1.807) is 0 Å². The van der Waals surface area contributed by atoms with E-state index in [1.165, 1.54) is 70.9 Å². The molecule has 1 heterocycles. The summed E-state index contributed by atoms with van der Waals surface area (Å²) >= 11 is 0. The molecule has 2 nitrogen and oxygen atoms in total. The fourth-order valence-electron chi connectivity index (χ4n) is 2.82. The van der Waals surface area contributed by atoms with E-state index >= 15 is 0 Å². The Morgan fingerprint density at radius 2 is 1.56 bits per heavy atom. The zero-order valence-corrected chi connectivity index (χ0v) is 12.4. The van der Waals surface area contributed by atoms with E-state index in [0.29, 0.717) is 0 Å². The van der Waals surface area contributed by atoms with Crippen molar-refractivity contribution in [2.45, 2.75) is 83.7 Å². The van der Waals surface area contributed by atoms with Crippen LogP contribution < -0.4 is 0 Å². The Bertz CT molecular complexity index is 178. The van der Waals surface area contributed by atoms with Crippen molar-refractivity contribution < 1.29 is 5.11 Å². The van der Waals surface area contributed by atoms with E-state index in [-0.39, 0.29) is 6.10 Å². The van der Waals surface area contributed by atoms with Crippen molar-refractivity contribution in [1.29, 1.82) is 0 Å². The third kappa shape index (κ3) is 8.10. The minimum atomic E-state index is -0.0573. The van der Waals surface area contributed by atoms with Gasteiger partial charge in [-0.2, -0.15) is 0 Å². The Kier molecular flexibility index (Phi) is 9.59. The van der Waals surface area contributed by atoms with Crippen LogP contribution in [-0.2, 0) is 0 Å². The molecule has 0 spiro atoms. The van der Waals surface area contributed by atoms with Crippen LogP contribution in [0.15, 0.2) is 0 Å². The molecule has 1 saturated heterocycles. The molecule has 1 atom stereocenters. The fourth-order valence-corrected chi connectivity index (χ4v) is 2.82. The predicted molar refractivity (Wildman–Crippen MR) is 78.9 cm³/mol. The van der Waals surface area contributed by atoms with E-state index in [4.69, 9.17) is 0 Å². The molecule has 1 N–H and O–H groups in total. The van der Waals surface area contributed by atoms with Crippen LogP contribution in [-0.4, -0.2) is 35.7 Å². The van der Waals surface area contributed by atoms with Gasteiger partial charge < -0.3 is 10.0 Å². The smallest absolute Gasteiger partial charge is 0.0552 e. The summed E-state index contributed by atoms with van der Waals surface area (Å²) in [6, 6.07) is 0. The highest BCUT2D eigenvalue weighted by Gasteiger charge is 2.11. The van der Waals surface area contributed by atoms with Gasteiger partial charge in [-0.25, -0.2) is 0 Å². The van der Waals surface area contributed by atoms with Crippen LogP contribution in [0, 0.1) is 0 Å². The average molecular weight is 255 g/mol. The number of hydrogen-bond donors (Lipinski definition) is 1. The first kappa shape index (κ1) is 16.0. The first-order valence-corrected chi connectivity index (χ1v) is 8.23. The molecule has 1 unspecified atom stereocenters. The van der Waals surface area contributed by atoms with Gasteiger partial charge in [-0.15, -0.1) is 0 Å². The molecule has 1 fully saturated rings. The Hall–Kier alpha value is -0.0800. The second-order valence-corrected chi connectivity index (χ2v) is 5.90. The van der Waals surface area contributed by atoms with Crippen molar-refractivity contribution in [3.05, 3.63) is 0 Å². The average Bonchev–Trinajstić information content (AvgIpc) is 2.41. The van der Waals surface area contributed by atoms with E-state index in [1.807, 2.05) is 0 Å². The summed E-state index contributed by atoms with van der Waals surface area (Å²) in [5, 5.41) is 9.96. The van der Waals surface area contributed by atoms with Crippen LogP contribution in [0.4, 0.5) is 0 Å². The lowest BCUT2D eigenvalue weighted by Crippen LogP contribution is -2.32. The van der Waals surface area contributed by atoms with Crippen LogP contribution in [0.1, 0.15) is 77.6 Å². The molecule has 0 radical (unpaired) electrons. The normalized spacial score (nSPS) is 19.0. The zero-order chi connectivity index (χ0) is 13.1. The van der Waals surface area contributed by atoms with Gasteiger partial charge in [0, 0.05) is 6.54 Å². The summed E-state index contributed by atoms with van der Waals surface area (Å²) < 4.78 is 0. The maximum absolute atomic E-state index is 9.96. The predicted octanol–water partition coefficient (Wildman–Crippen LogP) is 3.97. The molecule has 0 aromatic rings. The van der Waals surface area contributed by atoms with Gasteiger partial charge in [0.25, 0.3) is 0 Å². The topological polar surface area (TPSA) is 23.5 Å². The lowest BCUT2D eigenvalue weighted by Gasteiger charge is -2.27. The van der Waals surface area contributed by atoms with Crippen LogP contribution in [0.5, 0.6) is 0 Å². The number of aliphatic hydroxyl groups is 1.